The first-order valence-corrected chi connectivity index (χ1v) is 9.02. The van der Waals surface area contributed by atoms with Crippen molar-refractivity contribution in [2.24, 2.45) is 0 Å². The van der Waals surface area contributed by atoms with Gasteiger partial charge < -0.3 is 4.74 Å². The molecule has 0 aliphatic carbocycles. The van der Waals surface area contributed by atoms with Crippen molar-refractivity contribution < 1.29 is 13.5 Å². The number of halogens is 2. The predicted octanol–water partition coefficient (Wildman–Crippen LogP) is 3.41. The first kappa shape index (κ1) is 17.8. The van der Waals surface area contributed by atoms with Crippen molar-refractivity contribution in [2.75, 3.05) is 13.1 Å². The summed E-state index contributed by atoms with van der Waals surface area (Å²) in [7, 11) is 0. The van der Waals surface area contributed by atoms with Crippen LogP contribution in [0.3, 0.4) is 0 Å². The summed E-state index contributed by atoms with van der Waals surface area (Å²) >= 11 is 0. The van der Waals surface area contributed by atoms with Gasteiger partial charge in [-0.05, 0) is 50.1 Å². The van der Waals surface area contributed by atoms with Crippen molar-refractivity contribution in [2.45, 2.75) is 38.8 Å². The Labute approximate surface area is 155 Å². The average molecular weight is 373 g/mol. The van der Waals surface area contributed by atoms with Gasteiger partial charge >= 0.3 is 6.61 Å². The van der Waals surface area contributed by atoms with E-state index in [2.05, 4.69) is 30.8 Å². The van der Waals surface area contributed by atoms with Gasteiger partial charge in [0, 0.05) is 24.7 Å². The van der Waals surface area contributed by atoms with Crippen LogP contribution in [0.1, 0.15) is 35.7 Å². The molecule has 3 heterocycles. The summed E-state index contributed by atoms with van der Waals surface area (Å²) in [4.78, 5) is 11.0. The van der Waals surface area contributed by atoms with E-state index in [4.69, 9.17) is 0 Å². The maximum atomic E-state index is 12.4. The lowest BCUT2D eigenvalue weighted by Crippen LogP contribution is -2.34. The molecule has 3 aromatic rings. The minimum atomic E-state index is -2.81. The fraction of sp³-hybridized carbons (Fsp3) is 0.421. The Kier molecular flexibility index (Phi) is 4.98. The smallest absolute Gasteiger partial charge is 0.387 e. The van der Waals surface area contributed by atoms with E-state index in [1.54, 1.807) is 18.2 Å². The molecule has 1 aliphatic rings. The largest absolute Gasteiger partial charge is 0.435 e. The third-order valence-corrected chi connectivity index (χ3v) is 4.86. The number of aryl methyl sites for hydroxylation is 1. The number of fused-ring (bicyclic) bond motifs is 1. The van der Waals surface area contributed by atoms with Gasteiger partial charge in [-0.1, -0.05) is 12.1 Å². The van der Waals surface area contributed by atoms with Gasteiger partial charge in [-0.3, -0.25) is 4.90 Å². The fourth-order valence-corrected chi connectivity index (χ4v) is 3.77. The number of aromatic nitrogens is 4. The summed E-state index contributed by atoms with van der Waals surface area (Å²) in [5, 5.41) is 4.32. The quantitative estimate of drug-likeness (QED) is 0.686. The van der Waals surface area contributed by atoms with Crippen molar-refractivity contribution in [3.63, 3.8) is 0 Å². The molecule has 0 radical (unpaired) electrons. The third-order valence-electron chi connectivity index (χ3n) is 4.86. The molecule has 0 N–H and O–H groups in total. The number of ether oxygens (including phenoxy) is 1. The van der Waals surface area contributed by atoms with E-state index in [-0.39, 0.29) is 5.75 Å². The topological polar surface area (TPSA) is 55.6 Å². The van der Waals surface area contributed by atoms with Crippen LogP contribution in [0.4, 0.5) is 8.78 Å². The normalized spacial score (nSPS) is 18.3. The molecule has 0 bridgehead atoms. The number of nitrogens with zero attached hydrogens (tertiary/aromatic N) is 5. The van der Waals surface area contributed by atoms with Crippen LogP contribution in [0.25, 0.3) is 5.78 Å². The van der Waals surface area contributed by atoms with E-state index in [1.807, 2.05) is 17.5 Å². The molecule has 6 nitrogen and oxygen atoms in total. The molecule has 0 saturated carbocycles. The van der Waals surface area contributed by atoms with Crippen LogP contribution in [0.2, 0.25) is 0 Å². The first-order chi connectivity index (χ1) is 13.1. The molecular weight excluding hydrogens is 352 g/mol. The van der Waals surface area contributed by atoms with E-state index in [0.29, 0.717) is 18.2 Å². The molecular formula is C19H21F2N5O. The Balaban J connectivity index is 1.51. The highest BCUT2D eigenvalue weighted by atomic mass is 19.3. The van der Waals surface area contributed by atoms with Crippen molar-refractivity contribution in [3.05, 3.63) is 53.6 Å². The van der Waals surface area contributed by atoms with Gasteiger partial charge in [-0.25, -0.2) is 9.50 Å². The number of rotatable bonds is 5. The lowest BCUT2D eigenvalue weighted by molar-refractivity contribution is -0.0499. The minimum Gasteiger partial charge on any atom is -0.435 e. The molecule has 1 aliphatic heterocycles. The second-order valence-electron chi connectivity index (χ2n) is 6.89. The number of alkyl halides is 2. The van der Waals surface area contributed by atoms with Gasteiger partial charge in [-0.15, -0.1) is 0 Å². The molecule has 1 aromatic carbocycles. The van der Waals surface area contributed by atoms with Crippen LogP contribution in [-0.4, -0.2) is 44.2 Å². The molecule has 4 rings (SSSR count). The average Bonchev–Trinajstić information content (AvgIpc) is 3.09. The summed E-state index contributed by atoms with van der Waals surface area (Å²) < 4.78 is 31.2. The van der Waals surface area contributed by atoms with Crippen molar-refractivity contribution in [3.8, 4) is 5.75 Å². The lowest BCUT2D eigenvalue weighted by atomic mass is 9.93. The second kappa shape index (κ2) is 7.56. The van der Waals surface area contributed by atoms with Crippen LogP contribution in [0, 0.1) is 6.92 Å². The Bertz CT molecular complexity index is 929. The zero-order valence-corrected chi connectivity index (χ0v) is 15.1. The molecule has 1 atom stereocenters. The van der Waals surface area contributed by atoms with Gasteiger partial charge in [0.1, 0.15) is 12.1 Å². The fourth-order valence-electron chi connectivity index (χ4n) is 3.77. The molecule has 142 valence electrons. The highest BCUT2D eigenvalue weighted by molar-refractivity contribution is 5.32. The van der Waals surface area contributed by atoms with E-state index >= 15 is 0 Å². The molecule has 1 fully saturated rings. The number of hydrogen-bond acceptors (Lipinski definition) is 5. The first-order valence-electron chi connectivity index (χ1n) is 9.02. The van der Waals surface area contributed by atoms with Crippen LogP contribution in [0.5, 0.6) is 5.75 Å². The maximum absolute atomic E-state index is 12.4. The predicted molar refractivity (Wildman–Crippen MR) is 95.8 cm³/mol. The molecule has 1 saturated heterocycles. The molecule has 0 amide bonds. The second-order valence-corrected chi connectivity index (χ2v) is 6.89. The zero-order valence-electron chi connectivity index (χ0n) is 15.1. The lowest BCUT2D eigenvalue weighted by Gasteiger charge is -2.33. The molecule has 2 aromatic heterocycles. The van der Waals surface area contributed by atoms with Crippen LogP contribution >= 0.6 is 0 Å². The van der Waals surface area contributed by atoms with Gasteiger partial charge in [0.05, 0.1) is 5.69 Å². The zero-order chi connectivity index (χ0) is 18.8. The minimum absolute atomic E-state index is 0.199. The van der Waals surface area contributed by atoms with Gasteiger partial charge in [0.2, 0.25) is 0 Å². The summed E-state index contributed by atoms with van der Waals surface area (Å²) in [6, 6.07) is 9.00. The Hall–Kier alpha value is -2.61. The summed E-state index contributed by atoms with van der Waals surface area (Å²) in [5.41, 5.74) is 3.01. The van der Waals surface area contributed by atoms with Crippen molar-refractivity contribution in [1.29, 1.82) is 0 Å². The third kappa shape index (κ3) is 4.05. The van der Waals surface area contributed by atoms with E-state index in [0.717, 1.165) is 42.9 Å². The monoisotopic (exact) mass is 373 g/mol. The molecule has 0 spiro atoms. The maximum Gasteiger partial charge on any atom is 0.387 e. The van der Waals surface area contributed by atoms with Crippen LogP contribution in [0.15, 0.2) is 36.7 Å². The molecule has 27 heavy (non-hydrogen) atoms. The summed E-state index contributed by atoms with van der Waals surface area (Å²) in [5.74, 6) is 1.15. The molecule has 1 unspecified atom stereocenters. The Morgan fingerprint density at radius 3 is 3.04 bits per heavy atom. The SMILES string of the molecule is Cc1cc(C2CCCN(Cc3cccc(OC(F)F)c3)C2)n2ncnc2n1. The molecule has 8 heteroatoms. The van der Waals surface area contributed by atoms with Crippen LogP contribution in [-0.2, 0) is 6.54 Å². The van der Waals surface area contributed by atoms with Gasteiger partial charge in [0.15, 0.2) is 0 Å². The van der Waals surface area contributed by atoms with Gasteiger partial charge in [0.25, 0.3) is 5.78 Å². The van der Waals surface area contributed by atoms with Crippen LogP contribution < -0.4 is 4.74 Å². The number of benzene rings is 1. The Morgan fingerprint density at radius 2 is 2.19 bits per heavy atom. The van der Waals surface area contributed by atoms with E-state index < -0.39 is 6.61 Å². The van der Waals surface area contributed by atoms with Crippen molar-refractivity contribution >= 4 is 5.78 Å². The standard InChI is InChI=1S/C19H21F2N5O/c1-13-8-17(26-19(24-13)22-12-23-26)15-5-3-7-25(11-15)10-14-4-2-6-16(9-14)27-18(20)21/h2,4,6,8-9,12,15,18H,3,5,7,10-11H2,1H3. The van der Waals surface area contributed by atoms with Crippen molar-refractivity contribution in [1.82, 2.24) is 24.5 Å². The van der Waals surface area contributed by atoms with E-state index in [1.165, 1.54) is 6.33 Å². The number of likely N-dealkylation sites (tertiary alicyclic amines) is 1. The van der Waals surface area contributed by atoms with Gasteiger partial charge in [-0.2, -0.15) is 18.9 Å². The number of hydrogen-bond donors (Lipinski definition) is 0. The summed E-state index contributed by atoms with van der Waals surface area (Å²) in [6.45, 7) is 1.70. The highest BCUT2D eigenvalue weighted by Gasteiger charge is 2.24. The summed E-state index contributed by atoms with van der Waals surface area (Å²) in [6.07, 6.45) is 3.67. The highest BCUT2D eigenvalue weighted by Crippen LogP contribution is 2.28. The number of piperidine rings is 1. The Morgan fingerprint density at radius 1 is 1.30 bits per heavy atom. The van der Waals surface area contributed by atoms with E-state index in [9.17, 15) is 8.78 Å².